The molecule has 0 atom stereocenters. The minimum absolute atomic E-state index is 0.116. The Kier molecular flexibility index (Phi) is 7.42. The molecule has 11 rings (SSSR count). The molecule has 0 bridgehead atoms. The summed E-state index contributed by atoms with van der Waals surface area (Å²) in [5.41, 5.74) is 14.8. The summed E-state index contributed by atoms with van der Waals surface area (Å²) in [6, 6.07) is 65.9. The van der Waals surface area contributed by atoms with Gasteiger partial charge in [0.25, 0.3) is 0 Å². The van der Waals surface area contributed by atoms with E-state index in [9.17, 15) is 0 Å². The van der Waals surface area contributed by atoms with Gasteiger partial charge in [-0.25, -0.2) is 9.97 Å². The molecular weight excluding hydrogens is 697 g/mol. The van der Waals surface area contributed by atoms with Gasteiger partial charge in [0.2, 0.25) is 0 Å². The van der Waals surface area contributed by atoms with E-state index in [4.69, 9.17) is 9.97 Å². The van der Waals surface area contributed by atoms with Crippen molar-refractivity contribution in [1.82, 2.24) is 9.97 Å². The van der Waals surface area contributed by atoms with E-state index in [0.717, 1.165) is 33.6 Å². The van der Waals surface area contributed by atoms with Gasteiger partial charge in [0.1, 0.15) is 0 Å². The van der Waals surface area contributed by atoms with Crippen molar-refractivity contribution in [1.29, 1.82) is 0 Å². The number of fused-ring (bicyclic) bond motifs is 7. The van der Waals surface area contributed by atoms with Gasteiger partial charge < -0.3 is 0 Å². The van der Waals surface area contributed by atoms with E-state index in [2.05, 4.69) is 190 Å². The quantitative estimate of drug-likeness (QED) is 0.176. The number of hydrogen-bond donors (Lipinski definition) is 0. The first-order valence-corrected chi connectivity index (χ1v) is 20.1. The van der Waals surface area contributed by atoms with Crippen LogP contribution >= 0.6 is 11.3 Å². The summed E-state index contributed by atoms with van der Waals surface area (Å²) in [4.78, 5) is 10.7. The molecule has 3 heteroatoms. The van der Waals surface area contributed by atoms with E-state index in [0.29, 0.717) is 5.82 Å². The Morgan fingerprint density at radius 2 is 1.04 bits per heavy atom. The lowest BCUT2D eigenvalue weighted by molar-refractivity contribution is 0.660. The molecule has 0 aliphatic heterocycles. The van der Waals surface area contributed by atoms with Crippen LogP contribution in [-0.4, -0.2) is 9.97 Å². The topological polar surface area (TPSA) is 25.8 Å². The maximum Gasteiger partial charge on any atom is 0.160 e. The summed E-state index contributed by atoms with van der Waals surface area (Å²) >= 11 is 1.88. The summed E-state index contributed by atoms with van der Waals surface area (Å²) in [5, 5.41) is 5.08. The van der Waals surface area contributed by atoms with Crippen LogP contribution in [0.3, 0.4) is 0 Å². The van der Waals surface area contributed by atoms with Crippen molar-refractivity contribution in [3.63, 3.8) is 0 Å². The summed E-state index contributed by atoms with van der Waals surface area (Å²) < 4.78 is 2.60. The maximum atomic E-state index is 5.39. The highest BCUT2D eigenvalue weighted by molar-refractivity contribution is 7.26. The van der Waals surface area contributed by atoms with E-state index in [-0.39, 0.29) is 5.41 Å². The van der Waals surface area contributed by atoms with Crippen molar-refractivity contribution >= 4 is 42.3 Å². The largest absolute Gasteiger partial charge is 0.228 e. The summed E-state index contributed by atoms with van der Waals surface area (Å²) in [6.45, 7) is 4.67. The summed E-state index contributed by atoms with van der Waals surface area (Å²) in [6.07, 6.45) is 0. The molecular formula is C53H36N2S. The van der Waals surface area contributed by atoms with Crippen molar-refractivity contribution in [2.24, 2.45) is 0 Å². The van der Waals surface area contributed by atoms with Crippen molar-refractivity contribution in [2.75, 3.05) is 0 Å². The van der Waals surface area contributed by atoms with Gasteiger partial charge in [0, 0.05) is 47.8 Å². The van der Waals surface area contributed by atoms with Crippen LogP contribution < -0.4 is 0 Å². The SMILES string of the molecule is CC1(C)c2ccccc2-c2c(-c3cc(-c4cc(-c5ccccc5)cc(-c5c6ccccc6cc6c5sc5ccccc56)c4)nc(-c4ccccc4)n3)cccc21. The molecule has 0 N–H and O–H groups in total. The summed E-state index contributed by atoms with van der Waals surface area (Å²) in [7, 11) is 0. The van der Waals surface area contributed by atoms with Crippen LogP contribution in [0.2, 0.25) is 0 Å². The number of aromatic nitrogens is 2. The van der Waals surface area contributed by atoms with Gasteiger partial charge in [-0.1, -0.05) is 159 Å². The van der Waals surface area contributed by atoms with Gasteiger partial charge in [0.05, 0.1) is 11.4 Å². The zero-order valence-corrected chi connectivity index (χ0v) is 31.9. The van der Waals surface area contributed by atoms with Gasteiger partial charge in [0.15, 0.2) is 5.82 Å². The molecule has 8 aromatic carbocycles. The number of hydrogen-bond acceptors (Lipinski definition) is 3. The van der Waals surface area contributed by atoms with Crippen molar-refractivity contribution in [2.45, 2.75) is 19.3 Å². The molecule has 10 aromatic rings. The van der Waals surface area contributed by atoms with Gasteiger partial charge in [-0.05, 0) is 86.1 Å². The molecule has 0 radical (unpaired) electrons. The predicted octanol–water partition coefficient (Wildman–Crippen LogP) is 14.6. The monoisotopic (exact) mass is 732 g/mol. The molecule has 56 heavy (non-hydrogen) atoms. The number of benzene rings is 8. The standard InChI is InChI=1S/C53H36N2S/c1-53(2)44-25-13-11-23-41(44)50-42(24-15-26-45(50)53)47-32-46(54-52(55-47)34-18-7-4-8-19-34)37-28-36(33-16-5-3-6-17-33)29-38(30-37)49-39-21-10-9-20-35(39)31-43-40-22-12-14-27-48(40)56-51(43)49/h3-32H,1-2H3. The third-order valence-corrected chi connectivity index (χ3v) is 12.9. The molecule has 0 spiro atoms. The normalized spacial score (nSPS) is 13.0. The van der Waals surface area contributed by atoms with Crippen molar-refractivity contribution in [3.8, 4) is 67.3 Å². The zero-order valence-electron chi connectivity index (χ0n) is 31.1. The molecule has 0 fully saturated rings. The molecule has 0 unspecified atom stereocenters. The second kappa shape index (κ2) is 12.7. The fourth-order valence-electron chi connectivity index (χ4n) is 8.94. The molecule has 2 aromatic heterocycles. The third kappa shape index (κ3) is 5.16. The smallest absolute Gasteiger partial charge is 0.160 e. The first-order valence-electron chi connectivity index (χ1n) is 19.2. The van der Waals surface area contributed by atoms with Gasteiger partial charge in [-0.3, -0.25) is 0 Å². The van der Waals surface area contributed by atoms with Crippen LogP contribution in [0.15, 0.2) is 182 Å². The molecule has 2 nitrogen and oxygen atoms in total. The van der Waals surface area contributed by atoms with Gasteiger partial charge in [-0.15, -0.1) is 11.3 Å². The Labute approximate surface area is 330 Å². The van der Waals surface area contributed by atoms with Crippen molar-refractivity contribution in [3.05, 3.63) is 193 Å². The third-order valence-electron chi connectivity index (χ3n) is 11.7. The second-order valence-electron chi connectivity index (χ2n) is 15.3. The van der Waals surface area contributed by atoms with Gasteiger partial charge in [-0.2, -0.15) is 0 Å². The fourth-order valence-corrected chi connectivity index (χ4v) is 10.2. The van der Waals surface area contributed by atoms with Crippen LogP contribution in [-0.2, 0) is 5.41 Å². The van der Waals surface area contributed by atoms with Gasteiger partial charge >= 0.3 is 0 Å². The van der Waals surface area contributed by atoms with Crippen LogP contribution in [0.5, 0.6) is 0 Å². The molecule has 0 saturated carbocycles. The second-order valence-corrected chi connectivity index (χ2v) is 16.4. The van der Waals surface area contributed by atoms with E-state index >= 15 is 0 Å². The van der Waals surface area contributed by atoms with Crippen LogP contribution in [0.1, 0.15) is 25.0 Å². The van der Waals surface area contributed by atoms with E-state index in [1.165, 1.54) is 69.9 Å². The van der Waals surface area contributed by atoms with E-state index in [1.807, 2.05) is 17.4 Å². The Hall–Kier alpha value is -6.68. The average Bonchev–Trinajstić information content (AvgIpc) is 3.74. The highest BCUT2D eigenvalue weighted by atomic mass is 32.1. The van der Waals surface area contributed by atoms with E-state index < -0.39 is 0 Å². The highest BCUT2D eigenvalue weighted by Crippen LogP contribution is 2.52. The Balaban J connectivity index is 1.21. The van der Waals surface area contributed by atoms with Crippen LogP contribution in [0, 0.1) is 0 Å². The fraction of sp³-hybridized carbons (Fsp3) is 0.0566. The lowest BCUT2D eigenvalue weighted by atomic mass is 9.82. The average molecular weight is 733 g/mol. The zero-order chi connectivity index (χ0) is 37.4. The molecule has 0 amide bonds. The highest BCUT2D eigenvalue weighted by Gasteiger charge is 2.36. The molecule has 1 aliphatic carbocycles. The minimum Gasteiger partial charge on any atom is -0.228 e. The first-order chi connectivity index (χ1) is 27.5. The predicted molar refractivity (Wildman–Crippen MR) is 237 cm³/mol. The van der Waals surface area contributed by atoms with E-state index in [1.54, 1.807) is 0 Å². The number of rotatable bonds is 5. The number of thiophene rings is 1. The van der Waals surface area contributed by atoms with Crippen molar-refractivity contribution < 1.29 is 0 Å². The Morgan fingerprint density at radius 3 is 1.88 bits per heavy atom. The summed E-state index contributed by atoms with van der Waals surface area (Å²) in [5.74, 6) is 0.713. The number of nitrogens with zero attached hydrogens (tertiary/aromatic N) is 2. The first kappa shape index (κ1) is 32.7. The lowest BCUT2D eigenvalue weighted by Crippen LogP contribution is -2.14. The van der Waals surface area contributed by atoms with Crippen LogP contribution in [0.25, 0.3) is 98.2 Å². The molecule has 1 aliphatic rings. The maximum absolute atomic E-state index is 5.39. The Bertz CT molecular complexity index is 3160. The molecule has 2 heterocycles. The lowest BCUT2D eigenvalue weighted by Gasteiger charge is -2.21. The Morgan fingerprint density at radius 1 is 0.411 bits per heavy atom. The minimum atomic E-state index is -0.116. The molecule has 0 saturated heterocycles. The molecule has 264 valence electrons. The van der Waals surface area contributed by atoms with Crippen LogP contribution in [0.4, 0.5) is 0 Å².